The van der Waals surface area contributed by atoms with E-state index >= 15 is 0 Å². The Morgan fingerprint density at radius 3 is 2.76 bits per heavy atom. The zero-order chi connectivity index (χ0) is 18.0. The van der Waals surface area contributed by atoms with Gasteiger partial charge in [0.1, 0.15) is 22.3 Å². The first-order valence-electron chi connectivity index (χ1n) is 7.18. The van der Waals surface area contributed by atoms with Gasteiger partial charge in [-0.05, 0) is 24.3 Å². The van der Waals surface area contributed by atoms with E-state index < -0.39 is 10.8 Å². The van der Waals surface area contributed by atoms with Crippen molar-refractivity contribution in [2.24, 2.45) is 4.99 Å². The molecular formula is C17H12ClN3O4. The van der Waals surface area contributed by atoms with Gasteiger partial charge < -0.3 is 10.1 Å². The number of carbonyl (C=O) groups is 1. The molecule has 25 heavy (non-hydrogen) atoms. The van der Waals surface area contributed by atoms with Crippen LogP contribution in [-0.2, 0) is 4.79 Å². The maximum absolute atomic E-state index is 12.2. The summed E-state index contributed by atoms with van der Waals surface area (Å²) in [4.78, 5) is 26.8. The molecule has 0 aliphatic carbocycles. The summed E-state index contributed by atoms with van der Waals surface area (Å²) in [7, 11) is 1.54. The van der Waals surface area contributed by atoms with Crippen LogP contribution in [0.1, 0.15) is 11.1 Å². The van der Waals surface area contributed by atoms with E-state index in [2.05, 4.69) is 10.3 Å². The molecule has 1 amide bonds. The number of methoxy groups -OCH3 is 1. The molecule has 0 unspecified atom stereocenters. The lowest BCUT2D eigenvalue weighted by Gasteiger charge is -2.03. The molecule has 8 heteroatoms. The summed E-state index contributed by atoms with van der Waals surface area (Å²) < 4.78 is 5.24. The fraction of sp³-hybridized carbons (Fsp3) is 0.0588. The number of halogens is 1. The minimum absolute atomic E-state index is 0.0171. The number of benzene rings is 2. The normalized spacial score (nSPS) is 15.0. The molecule has 126 valence electrons. The van der Waals surface area contributed by atoms with Gasteiger partial charge in [0.15, 0.2) is 0 Å². The van der Waals surface area contributed by atoms with Gasteiger partial charge in [0.05, 0.1) is 12.0 Å². The van der Waals surface area contributed by atoms with Crippen LogP contribution in [0.4, 0.5) is 5.69 Å². The van der Waals surface area contributed by atoms with E-state index in [0.29, 0.717) is 16.9 Å². The van der Waals surface area contributed by atoms with Crippen LogP contribution < -0.4 is 10.1 Å². The average Bonchev–Trinajstić information content (AvgIpc) is 2.96. The van der Waals surface area contributed by atoms with Crippen LogP contribution in [-0.4, -0.2) is 23.8 Å². The number of hydrogen-bond donors (Lipinski definition) is 1. The standard InChI is InChI=1S/C17H12ClN3O4/c1-25-15-5-3-2-4-10(15)8-13-17(22)20-16(19-13)11-6-7-12(18)14(9-11)21(23)24/h2-9H,1H3,(H,19,20,22)/b13-8+. The predicted molar refractivity (Wildman–Crippen MR) is 93.8 cm³/mol. The van der Waals surface area contributed by atoms with Crippen LogP contribution in [0.25, 0.3) is 6.08 Å². The van der Waals surface area contributed by atoms with E-state index in [1.165, 1.54) is 19.2 Å². The Bertz CT molecular complexity index is 937. The molecule has 1 N–H and O–H groups in total. The zero-order valence-electron chi connectivity index (χ0n) is 13.0. The number of rotatable bonds is 4. The quantitative estimate of drug-likeness (QED) is 0.516. The monoisotopic (exact) mass is 357 g/mol. The molecule has 1 heterocycles. The van der Waals surface area contributed by atoms with Gasteiger partial charge in [-0.15, -0.1) is 0 Å². The third-order valence-electron chi connectivity index (χ3n) is 3.54. The van der Waals surface area contributed by atoms with Crippen molar-refractivity contribution in [1.82, 2.24) is 5.32 Å². The third-order valence-corrected chi connectivity index (χ3v) is 3.86. The van der Waals surface area contributed by atoms with Crippen LogP contribution in [0.15, 0.2) is 53.2 Å². The molecule has 0 atom stereocenters. The average molecular weight is 358 g/mol. The fourth-order valence-electron chi connectivity index (χ4n) is 2.34. The first-order chi connectivity index (χ1) is 12.0. The lowest BCUT2D eigenvalue weighted by atomic mass is 10.1. The number of carbonyl (C=O) groups excluding carboxylic acids is 1. The molecule has 3 rings (SSSR count). The number of ether oxygens (including phenoxy) is 1. The van der Waals surface area contributed by atoms with Gasteiger partial charge in [0.25, 0.3) is 11.6 Å². The molecule has 0 saturated carbocycles. The van der Waals surface area contributed by atoms with Gasteiger partial charge in [-0.3, -0.25) is 14.9 Å². The van der Waals surface area contributed by atoms with Gasteiger partial charge in [0, 0.05) is 17.2 Å². The van der Waals surface area contributed by atoms with E-state index in [4.69, 9.17) is 16.3 Å². The van der Waals surface area contributed by atoms with E-state index in [1.807, 2.05) is 12.1 Å². The Labute approximate surface area is 147 Å². The summed E-state index contributed by atoms with van der Waals surface area (Å²) in [6, 6.07) is 11.4. The van der Waals surface area contributed by atoms with Crippen molar-refractivity contribution in [2.75, 3.05) is 7.11 Å². The summed E-state index contributed by atoms with van der Waals surface area (Å²) in [6.07, 6.45) is 1.59. The second-order valence-corrected chi connectivity index (χ2v) is 5.52. The highest BCUT2D eigenvalue weighted by molar-refractivity contribution is 6.33. The number of para-hydroxylation sites is 1. The van der Waals surface area contributed by atoms with Gasteiger partial charge in [-0.2, -0.15) is 0 Å². The van der Waals surface area contributed by atoms with Crippen LogP contribution in [0.2, 0.25) is 5.02 Å². The number of amidine groups is 1. The van der Waals surface area contributed by atoms with Crippen molar-refractivity contribution in [3.8, 4) is 5.75 Å². The van der Waals surface area contributed by atoms with Crippen LogP contribution in [0, 0.1) is 10.1 Å². The largest absolute Gasteiger partial charge is 0.496 e. The van der Waals surface area contributed by atoms with Gasteiger partial charge in [0.2, 0.25) is 0 Å². The summed E-state index contributed by atoms with van der Waals surface area (Å²) >= 11 is 5.80. The molecule has 0 saturated heterocycles. The molecular weight excluding hydrogens is 346 g/mol. The van der Waals surface area contributed by atoms with Crippen LogP contribution in [0.5, 0.6) is 5.75 Å². The zero-order valence-corrected chi connectivity index (χ0v) is 13.8. The minimum atomic E-state index is -0.589. The van der Waals surface area contributed by atoms with E-state index in [-0.39, 0.29) is 22.2 Å². The summed E-state index contributed by atoms with van der Waals surface area (Å²) in [6.45, 7) is 0. The first kappa shape index (κ1) is 16.7. The van der Waals surface area contributed by atoms with E-state index in [0.717, 1.165) is 0 Å². The smallest absolute Gasteiger partial charge is 0.288 e. The molecule has 2 aromatic rings. The topological polar surface area (TPSA) is 93.8 Å². The Morgan fingerprint density at radius 2 is 2.04 bits per heavy atom. The Hall–Kier alpha value is -3.19. The number of nitro groups is 1. The Balaban J connectivity index is 1.99. The molecule has 1 aliphatic heterocycles. The van der Waals surface area contributed by atoms with Crippen molar-refractivity contribution in [2.45, 2.75) is 0 Å². The molecule has 2 aromatic carbocycles. The Kier molecular flexibility index (Phi) is 4.49. The maximum atomic E-state index is 12.2. The lowest BCUT2D eigenvalue weighted by Crippen LogP contribution is -2.24. The maximum Gasteiger partial charge on any atom is 0.288 e. The number of aliphatic imine (C=N–C) groups is 1. The van der Waals surface area contributed by atoms with Crippen molar-refractivity contribution in [3.05, 3.63) is 74.4 Å². The first-order valence-corrected chi connectivity index (χ1v) is 7.56. The molecule has 0 radical (unpaired) electrons. The number of nitrogens with zero attached hydrogens (tertiary/aromatic N) is 2. The number of amides is 1. The second kappa shape index (κ2) is 6.74. The number of nitrogens with one attached hydrogen (secondary N) is 1. The number of hydrogen-bond acceptors (Lipinski definition) is 5. The number of nitro benzene ring substituents is 1. The van der Waals surface area contributed by atoms with E-state index in [9.17, 15) is 14.9 Å². The highest BCUT2D eigenvalue weighted by Gasteiger charge is 2.23. The van der Waals surface area contributed by atoms with Crippen molar-refractivity contribution in [3.63, 3.8) is 0 Å². The lowest BCUT2D eigenvalue weighted by molar-refractivity contribution is -0.384. The molecule has 0 spiro atoms. The SMILES string of the molecule is COc1ccccc1/C=C1/N=C(c2ccc(Cl)c([N+](=O)[O-])c2)NC1=O. The van der Waals surface area contributed by atoms with E-state index in [1.54, 1.807) is 24.3 Å². The minimum Gasteiger partial charge on any atom is -0.496 e. The summed E-state index contributed by atoms with van der Waals surface area (Å²) in [5.74, 6) is 0.429. The molecule has 0 fully saturated rings. The van der Waals surface area contributed by atoms with Gasteiger partial charge >= 0.3 is 0 Å². The van der Waals surface area contributed by atoms with Gasteiger partial charge in [-0.1, -0.05) is 29.8 Å². The second-order valence-electron chi connectivity index (χ2n) is 5.11. The van der Waals surface area contributed by atoms with Crippen molar-refractivity contribution in [1.29, 1.82) is 0 Å². The Morgan fingerprint density at radius 1 is 1.28 bits per heavy atom. The molecule has 1 aliphatic rings. The fourth-order valence-corrected chi connectivity index (χ4v) is 2.52. The third kappa shape index (κ3) is 3.36. The van der Waals surface area contributed by atoms with Gasteiger partial charge in [-0.25, -0.2) is 4.99 Å². The van der Waals surface area contributed by atoms with Crippen LogP contribution in [0.3, 0.4) is 0 Å². The van der Waals surface area contributed by atoms with Crippen molar-refractivity contribution >= 4 is 35.1 Å². The molecule has 0 bridgehead atoms. The highest BCUT2D eigenvalue weighted by atomic mass is 35.5. The van der Waals surface area contributed by atoms with Crippen molar-refractivity contribution < 1.29 is 14.5 Å². The highest BCUT2D eigenvalue weighted by Crippen LogP contribution is 2.27. The van der Waals surface area contributed by atoms with Crippen LogP contribution >= 0.6 is 11.6 Å². The summed E-state index contributed by atoms with van der Waals surface area (Å²) in [5.41, 5.74) is 1.02. The summed E-state index contributed by atoms with van der Waals surface area (Å²) in [5, 5.41) is 13.6. The predicted octanol–water partition coefficient (Wildman–Crippen LogP) is 3.17. The molecule has 0 aromatic heterocycles. The molecule has 7 nitrogen and oxygen atoms in total.